The molecule has 0 aromatic heterocycles. The van der Waals surface area contributed by atoms with E-state index in [1.807, 2.05) is 6.92 Å². The second-order valence-electron chi connectivity index (χ2n) is 5.63. The fourth-order valence-electron chi connectivity index (χ4n) is 2.49. The molecule has 1 unspecified atom stereocenters. The number of hydrogen-bond acceptors (Lipinski definition) is 5. The van der Waals surface area contributed by atoms with Gasteiger partial charge in [-0.05, 0) is 44.7 Å². The minimum Gasteiger partial charge on any atom is -0.352 e. The lowest BCUT2D eigenvalue weighted by Gasteiger charge is -2.27. The third-order valence-corrected chi connectivity index (χ3v) is 4.96. The molecule has 1 aromatic carbocycles. The summed E-state index contributed by atoms with van der Waals surface area (Å²) in [5.41, 5.74) is 5.91. The summed E-state index contributed by atoms with van der Waals surface area (Å²) in [5, 5.41) is 13.4. The van der Waals surface area contributed by atoms with Gasteiger partial charge in [-0.3, -0.25) is 14.9 Å². The fourth-order valence-corrected chi connectivity index (χ4v) is 3.36. The first-order chi connectivity index (χ1) is 10.5. The van der Waals surface area contributed by atoms with E-state index in [1.165, 1.54) is 23.9 Å². The number of nitro benzene ring substituents is 1. The summed E-state index contributed by atoms with van der Waals surface area (Å²) in [5.74, 6) is 0.00354. The average Bonchev–Trinajstić information content (AvgIpc) is 2.50. The Morgan fingerprint density at radius 1 is 1.30 bits per heavy atom. The standard InChI is InChI=1S/C15H21N3O3S.ClH/c1-10(15(19)17-12-4-2-11(16)3-5-12)22-14-8-6-13(7-9-14)18(20)21;/h6-12H,2-5,16H2,1H3,(H,17,19);1H. The number of amides is 1. The van der Waals surface area contributed by atoms with E-state index in [4.69, 9.17) is 5.73 Å². The van der Waals surface area contributed by atoms with Crippen LogP contribution < -0.4 is 11.1 Å². The second-order valence-corrected chi connectivity index (χ2v) is 7.05. The highest BCUT2D eigenvalue weighted by Crippen LogP contribution is 2.26. The van der Waals surface area contributed by atoms with Crippen LogP contribution in [0.3, 0.4) is 0 Å². The molecule has 1 aliphatic carbocycles. The van der Waals surface area contributed by atoms with Crippen LogP contribution in [0.25, 0.3) is 0 Å². The highest BCUT2D eigenvalue weighted by molar-refractivity contribution is 8.00. The van der Waals surface area contributed by atoms with Crippen molar-refractivity contribution in [2.24, 2.45) is 5.73 Å². The highest BCUT2D eigenvalue weighted by atomic mass is 35.5. The minimum atomic E-state index is -0.432. The van der Waals surface area contributed by atoms with E-state index >= 15 is 0 Å². The zero-order chi connectivity index (χ0) is 16.1. The number of rotatable bonds is 5. The van der Waals surface area contributed by atoms with Gasteiger partial charge in [0.1, 0.15) is 0 Å². The normalized spacial score (nSPS) is 21.8. The maximum atomic E-state index is 12.2. The Labute approximate surface area is 146 Å². The smallest absolute Gasteiger partial charge is 0.269 e. The van der Waals surface area contributed by atoms with Crippen molar-refractivity contribution in [2.75, 3.05) is 0 Å². The summed E-state index contributed by atoms with van der Waals surface area (Å²) in [6.07, 6.45) is 3.77. The lowest BCUT2D eigenvalue weighted by atomic mass is 9.92. The first-order valence-corrected chi connectivity index (χ1v) is 8.30. The van der Waals surface area contributed by atoms with Crippen LogP contribution in [0.4, 0.5) is 5.69 Å². The van der Waals surface area contributed by atoms with Crippen LogP contribution in [0.1, 0.15) is 32.6 Å². The Kier molecular flexibility index (Phi) is 7.81. The summed E-state index contributed by atoms with van der Waals surface area (Å²) in [6.45, 7) is 1.84. The number of halogens is 1. The van der Waals surface area contributed by atoms with Crippen LogP contribution in [0.5, 0.6) is 0 Å². The van der Waals surface area contributed by atoms with E-state index in [9.17, 15) is 14.9 Å². The Morgan fingerprint density at radius 2 is 1.87 bits per heavy atom. The fraction of sp³-hybridized carbons (Fsp3) is 0.533. The van der Waals surface area contributed by atoms with Crippen molar-refractivity contribution < 1.29 is 9.72 Å². The molecule has 1 aliphatic rings. The van der Waals surface area contributed by atoms with E-state index < -0.39 is 4.92 Å². The Hall–Kier alpha value is -1.31. The van der Waals surface area contributed by atoms with Gasteiger partial charge in [0.25, 0.3) is 5.69 Å². The van der Waals surface area contributed by atoms with E-state index in [2.05, 4.69) is 5.32 Å². The van der Waals surface area contributed by atoms with E-state index in [1.54, 1.807) is 12.1 Å². The van der Waals surface area contributed by atoms with Gasteiger partial charge >= 0.3 is 0 Å². The van der Waals surface area contributed by atoms with Gasteiger partial charge in [-0.25, -0.2) is 0 Å². The predicted molar refractivity (Wildman–Crippen MR) is 94.0 cm³/mol. The monoisotopic (exact) mass is 359 g/mol. The van der Waals surface area contributed by atoms with E-state index in [0.29, 0.717) is 0 Å². The molecule has 0 heterocycles. The number of nitrogens with one attached hydrogen (secondary N) is 1. The largest absolute Gasteiger partial charge is 0.352 e. The molecular weight excluding hydrogens is 338 g/mol. The number of non-ortho nitro benzene ring substituents is 1. The SMILES string of the molecule is CC(Sc1ccc([N+](=O)[O-])cc1)C(=O)NC1CCC(N)CC1.Cl. The summed E-state index contributed by atoms with van der Waals surface area (Å²) >= 11 is 1.40. The van der Waals surface area contributed by atoms with E-state index in [0.717, 1.165) is 30.6 Å². The number of benzene rings is 1. The van der Waals surface area contributed by atoms with Gasteiger partial charge in [0.2, 0.25) is 5.91 Å². The van der Waals surface area contributed by atoms with Crippen LogP contribution in [-0.2, 0) is 4.79 Å². The number of carbonyl (C=O) groups excluding carboxylic acids is 1. The molecule has 3 N–H and O–H groups in total. The topological polar surface area (TPSA) is 98.3 Å². The molecule has 0 radical (unpaired) electrons. The quantitative estimate of drug-likeness (QED) is 0.478. The first kappa shape index (κ1) is 19.7. The van der Waals surface area contributed by atoms with Crippen LogP contribution in [0, 0.1) is 10.1 Å². The molecule has 1 saturated carbocycles. The molecule has 8 heteroatoms. The van der Waals surface area contributed by atoms with Gasteiger partial charge in [-0.1, -0.05) is 0 Å². The third kappa shape index (κ3) is 6.01. The molecule has 6 nitrogen and oxygen atoms in total. The van der Waals surface area contributed by atoms with Crippen molar-refractivity contribution in [2.45, 2.75) is 54.8 Å². The number of nitrogens with two attached hydrogens (primary N) is 1. The third-order valence-electron chi connectivity index (χ3n) is 3.85. The van der Waals surface area contributed by atoms with Gasteiger partial charge < -0.3 is 11.1 Å². The van der Waals surface area contributed by atoms with Gasteiger partial charge in [-0.2, -0.15) is 0 Å². The summed E-state index contributed by atoms with van der Waals surface area (Å²) in [7, 11) is 0. The molecular formula is C15H22ClN3O3S. The zero-order valence-corrected chi connectivity index (χ0v) is 14.6. The number of nitrogens with zero attached hydrogens (tertiary/aromatic N) is 1. The van der Waals surface area contributed by atoms with Crippen molar-refractivity contribution in [1.82, 2.24) is 5.32 Å². The number of hydrogen-bond donors (Lipinski definition) is 2. The highest BCUT2D eigenvalue weighted by Gasteiger charge is 2.22. The predicted octanol–water partition coefficient (Wildman–Crippen LogP) is 2.88. The lowest BCUT2D eigenvalue weighted by Crippen LogP contribution is -2.43. The number of thioether (sulfide) groups is 1. The molecule has 1 amide bonds. The van der Waals surface area contributed by atoms with Crippen LogP contribution >= 0.6 is 24.2 Å². The molecule has 1 atom stereocenters. The van der Waals surface area contributed by atoms with E-state index in [-0.39, 0.29) is 41.3 Å². The Morgan fingerprint density at radius 3 is 2.39 bits per heavy atom. The van der Waals surface area contributed by atoms with Crippen LogP contribution in [0.2, 0.25) is 0 Å². The first-order valence-electron chi connectivity index (χ1n) is 7.43. The molecule has 1 aromatic rings. The van der Waals surface area contributed by atoms with Gasteiger partial charge in [0.15, 0.2) is 0 Å². The summed E-state index contributed by atoms with van der Waals surface area (Å²) < 4.78 is 0. The van der Waals surface area contributed by atoms with Crippen LogP contribution in [0.15, 0.2) is 29.2 Å². The second kappa shape index (κ2) is 9.10. The van der Waals surface area contributed by atoms with Crippen molar-refractivity contribution >= 4 is 35.8 Å². The van der Waals surface area contributed by atoms with Crippen molar-refractivity contribution in [3.8, 4) is 0 Å². The Balaban J connectivity index is 0.00000264. The lowest BCUT2D eigenvalue weighted by molar-refractivity contribution is -0.384. The molecule has 23 heavy (non-hydrogen) atoms. The molecule has 0 saturated heterocycles. The Bertz CT molecular complexity index is 533. The van der Waals surface area contributed by atoms with Crippen molar-refractivity contribution in [3.05, 3.63) is 34.4 Å². The number of carbonyl (C=O) groups is 1. The van der Waals surface area contributed by atoms with Gasteiger partial charge in [0, 0.05) is 29.1 Å². The maximum absolute atomic E-state index is 12.2. The molecule has 1 fully saturated rings. The van der Waals surface area contributed by atoms with Crippen LogP contribution in [-0.4, -0.2) is 28.2 Å². The van der Waals surface area contributed by atoms with Crippen molar-refractivity contribution in [1.29, 1.82) is 0 Å². The number of nitro groups is 1. The average molecular weight is 360 g/mol. The molecule has 2 rings (SSSR count). The molecule has 0 bridgehead atoms. The molecule has 128 valence electrons. The maximum Gasteiger partial charge on any atom is 0.269 e. The van der Waals surface area contributed by atoms with Crippen molar-refractivity contribution in [3.63, 3.8) is 0 Å². The summed E-state index contributed by atoms with van der Waals surface area (Å²) in [4.78, 5) is 23.2. The van der Waals surface area contributed by atoms with Gasteiger partial charge in [0.05, 0.1) is 10.2 Å². The molecule has 0 spiro atoms. The zero-order valence-electron chi connectivity index (χ0n) is 12.9. The molecule has 0 aliphatic heterocycles. The minimum absolute atomic E-state index is 0. The summed E-state index contributed by atoms with van der Waals surface area (Å²) in [6, 6.07) is 6.73. The van der Waals surface area contributed by atoms with Gasteiger partial charge in [-0.15, -0.1) is 24.2 Å².